The third kappa shape index (κ3) is 3.33. The number of likely N-dealkylation sites (tertiary alicyclic amines) is 1. The molecule has 0 saturated carbocycles. The van der Waals surface area contributed by atoms with Crippen molar-refractivity contribution in [1.29, 1.82) is 0 Å². The molecule has 2 rings (SSSR count). The van der Waals surface area contributed by atoms with E-state index < -0.39 is 0 Å². The van der Waals surface area contributed by atoms with E-state index in [9.17, 15) is 4.79 Å². The van der Waals surface area contributed by atoms with Crippen LogP contribution in [-0.4, -0.2) is 23.9 Å². The van der Waals surface area contributed by atoms with Gasteiger partial charge < -0.3 is 10.6 Å². The van der Waals surface area contributed by atoms with Crippen molar-refractivity contribution in [3.63, 3.8) is 0 Å². The van der Waals surface area contributed by atoms with Crippen LogP contribution in [0.2, 0.25) is 0 Å². The molecule has 3 nitrogen and oxygen atoms in total. The Bertz CT molecular complexity index is 450. The number of hydrogen-bond donors (Lipinski definition) is 1. The summed E-state index contributed by atoms with van der Waals surface area (Å²) in [4.78, 5) is 14.7. The summed E-state index contributed by atoms with van der Waals surface area (Å²) < 4.78 is 0. The Labute approximate surface area is 122 Å². The molecule has 0 radical (unpaired) electrons. The monoisotopic (exact) mass is 274 g/mol. The fourth-order valence-corrected chi connectivity index (χ4v) is 3.21. The molecule has 0 aromatic heterocycles. The average Bonchev–Trinajstić information content (AvgIpc) is 2.64. The summed E-state index contributed by atoms with van der Waals surface area (Å²) in [5.41, 5.74) is 8.27. The predicted octanol–water partition coefficient (Wildman–Crippen LogP) is 3.62. The van der Waals surface area contributed by atoms with Gasteiger partial charge in [-0.25, -0.2) is 0 Å². The van der Waals surface area contributed by atoms with Crippen LogP contribution in [0.3, 0.4) is 0 Å². The number of anilines is 1. The zero-order chi connectivity index (χ0) is 14.5. The van der Waals surface area contributed by atoms with E-state index in [-0.39, 0.29) is 5.91 Å². The van der Waals surface area contributed by atoms with Crippen molar-refractivity contribution in [3.8, 4) is 0 Å². The second-order valence-corrected chi connectivity index (χ2v) is 5.92. The molecule has 1 amide bonds. The number of carbonyl (C=O) groups is 1. The Hall–Kier alpha value is -1.51. The van der Waals surface area contributed by atoms with E-state index in [1.165, 1.54) is 19.3 Å². The first-order valence-electron chi connectivity index (χ1n) is 7.77. The van der Waals surface area contributed by atoms with Gasteiger partial charge in [0.25, 0.3) is 5.91 Å². The lowest BCUT2D eigenvalue weighted by molar-refractivity contribution is 0.0760. The molecule has 1 aromatic rings. The minimum absolute atomic E-state index is 0.109. The summed E-state index contributed by atoms with van der Waals surface area (Å²) in [5, 5.41) is 0. The second-order valence-electron chi connectivity index (χ2n) is 5.92. The average molecular weight is 274 g/mol. The first kappa shape index (κ1) is 14.9. The largest absolute Gasteiger partial charge is 0.398 e. The van der Waals surface area contributed by atoms with Crippen LogP contribution in [0.4, 0.5) is 5.69 Å². The number of rotatable bonds is 3. The number of nitrogens with zero attached hydrogens (tertiary/aromatic N) is 1. The van der Waals surface area contributed by atoms with Crippen LogP contribution in [0, 0.1) is 12.8 Å². The molecule has 1 heterocycles. The van der Waals surface area contributed by atoms with Crippen LogP contribution >= 0.6 is 0 Å². The topological polar surface area (TPSA) is 46.3 Å². The fourth-order valence-electron chi connectivity index (χ4n) is 3.21. The maximum Gasteiger partial charge on any atom is 0.256 e. The van der Waals surface area contributed by atoms with Crippen molar-refractivity contribution in [2.75, 3.05) is 18.8 Å². The van der Waals surface area contributed by atoms with Gasteiger partial charge in [-0.3, -0.25) is 4.79 Å². The molecule has 2 N–H and O–H groups in total. The number of nitrogen functional groups attached to an aromatic ring is 1. The standard InChI is InChI=1S/C17H26N2O/c1-3-6-14-8-5-11-19(12-10-14)17(20)16-13(2)7-4-9-15(16)18/h4,7,9,14H,3,5-6,8,10-12,18H2,1-2H3. The maximum absolute atomic E-state index is 12.7. The molecule has 1 aromatic carbocycles. The van der Waals surface area contributed by atoms with E-state index in [0.717, 1.165) is 37.4 Å². The van der Waals surface area contributed by atoms with E-state index in [1.54, 1.807) is 0 Å². The molecule has 1 saturated heterocycles. The molecule has 110 valence electrons. The smallest absolute Gasteiger partial charge is 0.256 e. The van der Waals surface area contributed by atoms with Crippen LogP contribution in [-0.2, 0) is 0 Å². The first-order valence-corrected chi connectivity index (χ1v) is 7.77. The molecule has 3 heteroatoms. The first-order chi connectivity index (χ1) is 9.63. The van der Waals surface area contributed by atoms with Crippen LogP contribution < -0.4 is 5.73 Å². The van der Waals surface area contributed by atoms with Gasteiger partial charge in [0, 0.05) is 18.8 Å². The lowest BCUT2D eigenvalue weighted by Crippen LogP contribution is -2.33. The number of nitrogens with two attached hydrogens (primary N) is 1. The van der Waals surface area contributed by atoms with Gasteiger partial charge in [-0.15, -0.1) is 0 Å². The molecular formula is C17H26N2O. The molecule has 0 bridgehead atoms. The van der Waals surface area contributed by atoms with Crippen molar-refractivity contribution < 1.29 is 4.79 Å². The van der Waals surface area contributed by atoms with Crippen molar-refractivity contribution in [2.45, 2.75) is 46.0 Å². The van der Waals surface area contributed by atoms with Crippen LogP contribution in [0.15, 0.2) is 18.2 Å². The SMILES string of the molecule is CCCC1CCCN(C(=O)c2c(C)cccc2N)CC1. The molecule has 1 aliphatic rings. The van der Waals surface area contributed by atoms with Crippen LogP contribution in [0.25, 0.3) is 0 Å². The number of hydrogen-bond acceptors (Lipinski definition) is 2. The highest BCUT2D eigenvalue weighted by atomic mass is 16.2. The van der Waals surface area contributed by atoms with Crippen molar-refractivity contribution in [3.05, 3.63) is 29.3 Å². The lowest BCUT2D eigenvalue weighted by Gasteiger charge is -2.22. The third-order valence-electron chi connectivity index (χ3n) is 4.35. The van der Waals surface area contributed by atoms with Gasteiger partial charge in [0.2, 0.25) is 0 Å². The van der Waals surface area contributed by atoms with Gasteiger partial charge in [0.05, 0.1) is 5.56 Å². The highest BCUT2D eigenvalue weighted by Crippen LogP contribution is 2.25. The van der Waals surface area contributed by atoms with E-state index in [4.69, 9.17) is 5.73 Å². The highest BCUT2D eigenvalue weighted by molar-refractivity contribution is 6.00. The van der Waals surface area contributed by atoms with E-state index in [2.05, 4.69) is 6.92 Å². The predicted molar refractivity (Wildman–Crippen MR) is 83.7 cm³/mol. The fraction of sp³-hybridized carbons (Fsp3) is 0.588. The summed E-state index contributed by atoms with van der Waals surface area (Å²) in [7, 11) is 0. The second kappa shape index (κ2) is 6.78. The highest BCUT2D eigenvalue weighted by Gasteiger charge is 2.23. The quantitative estimate of drug-likeness (QED) is 0.856. The Morgan fingerprint density at radius 3 is 2.85 bits per heavy atom. The normalized spacial score (nSPS) is 19.7. The molecule has 1 fully saturated rings. The number of aryl methyl sites for hydroxylation is 1. The van der Waals surface area contributed by atoms with E-state index in [0.29, 0.717) is 11.3 Å². The molecular weight excluding hydrogens is 248 g/mol. The van der Waals surface area contributed by atoms with Crippen LogP contribution in [0.1, 0.15) is 54.9 Å². The Kier molecular flexibility index (Phi) is 5.05. The van der Waals surface area contributed by atoms with Gasteiger partial charge in [0.1, 0.15) is 0 Å². The van der Waals surface area contributed by atoms with E-state index >= 15 is 0 Å². The third-order valence-corrected chi connectivity index (χ3v) is 4.35. The Balaban J connectivity index is 2.10. The number of benzene rings is 1. The molecule has 20 heavy (non-hydrogen) atoms. The van der Waals surface area contributed by atoms with Crippen LogP contribution in [0.5, 0.6) is 0 Å². The summed E-state index contributed by atoms with van der Waals surface area (Å²) in [6, 6.07) is 5.68. The summed E-state index contributed by atoms with van der Waals surface area (Å²) >= 11 is 0. The molecule has 1 unspecified atom stereocenters. The zero-order valence-corrected chi connectivity index (χ0v) is 12.7. The molecule has 1 atom stereocenters. The minimum atomic E-state index is 0.109. The minimum Gasteiger partial charge on any atom is -0.398 e. The molecule has 0 spiro atoms. The summed E-state index contributed by atoms with van der Waals surface area (Å²) in [6.07, 6.45) is 6.02. The maximum atomic E-state index is 12.7. The molecule has 0 aliphatic carbocycles. The number of carbonyl (C=O) groups excluding carboxylic acids is 1. The van der Waals surface area contributed by atoms with Crippen molar-refractivity contribution >= 4 is 11.6 Å². The summed E-state index contributed by atoms with van der Waals surface area (Å²) in [6.45, 7) is 5.94. The lowest BCUT2D eigenvalue weighted by atomic mass is 9.96. The van der Waals surface area contributed by atoms with Gasteiger partial charge >= 0.3 is 0 Å². The van der Waals surface area contributed by atoms with E-state index in [1.807, 2.05) is 30.0 Å². The van der Waals surface area contributed by atoms with Gasteiger partial charge in [-0.05, 0) is 43.7 Å². The van der Waals surface area contributed by atoms with Crippen molar-refractivity contribution in [1.82, 2.24) is 4.90 Å². The van der Waals surface area contributed by atoms with Gasteiger partial charge in [-0.1, -0.05) is 31.9 Å². The van der Waals surface area contributed by atoms with Crippen molar-refractivity contribution in [2.24, 2.45) is 5.92 Å². The molecule has 1 aliphatic heterocycles. The van der Waals surface area contributed by atoms with Gasteiger partial charge in [-0.2, -0.15) is 0 Å². The Morgan fingerprint density at radius 1 is 1.35 bits per heavy atom. The Morgan fingerprint density at radius 2 is 2.15 bits per heavy atom. The van der Waals surface area contributed by atoms with Gasteiger partial charge in [0.15, 0.2) is 0 Å². The summed E-state index contributed by atoms with van der Waals surface area (Å²) in [5.74, 6) is 0.893. The number of amides is 1. The zero-order valence-electron chi connectivity index (χ0n) is 12.7.